The van der Waals surface area contributed by atoms with Crippen molar-refractivity contribution in [1.82, 2.24) is 9.80 Å². The van der Waals surface area contributed by atoms with E-state index < -0.39 is 36.9 Å². The van der Waals surface area contributed by atoms with E-state index in [0.717, 1.165) is 33.0 Å². The van der Waals surface area contributed by atoms with Crippen LogP contribution in [0.4, 0.5) is 4.79 Å². The van der Waals surface area contributed by atoms with Crippen molar-refractivity contribution in [3.05, 3.63) is 71.8 Å². The van der Waals surface area contributed by atoms with Crippen LogP contribution in [-0.4, -0.2) is 59.9 Å². The highest BCUT2D eigenvalue weighted by molar-refractivity contribution is 7.53. The van der Waals surface area contributed by atoms with Gasteiger partial charge in [-0.25, -0.2) is 4.79 Å². The van der Waals surface area contributed by atoms with Crippen molar-refractivity contribution in [1.29, 1.82) is 0 Å². The Balaban J connectivity index is 1.82. The summed E-state index contributed by atoms with van der Waals surface area (Å²) in [5, 5.41) is 2.23. The Hall–Kier alpha value is -3.19. The van der Waals surface area contributed by atoms with Crippen LogP contribution in [0.25, 0.3) is 21.9 Å². The van der Waals surface area contributed by atoms with Gasteiger partial charge in [-0.05, 0) is 73.7 Å². The number of nitrogens with zero attached hydrogens (tertiary/aromatic N) is 2. The highest BCUT2D eigenvalue weighted by Crippen LogP contribution is 2.51. The fraction of sp³-hybridized carbons (Fsp3) is 0.486. The number of ether oxygens (including phenoxy) is 1. The van der Waals surface area contributed by atoms with Gasteiger partial charge in [-0.15, -0.1) is 0 Å². The molecule has 44 heavy (non-hydrogen) atoms. The van der Waals surface area contributed by atoms with Crippen LogP contribution < -0.4 is 0 Å². The predicted octanol–water partition coefficient (Wildman–Crippen LogP) is 8.27. The molecule has 0 N–H and O–H groups in total. The molecular weight excluding hydrogens is 575 g/mol. The van der Waals surface area contributed by atoms with Crippen molar-refractivity contribution in [2.45, 2.75) is 85.8 Å². The summed E-state index contributed by atoms with van der Waals surface area (Å²) in [6.45, 7) is 15.6. The summed E-state index contributed by atoms with van der Waals surface area (Å²) in [6.07, 6.45) is -0.670. The van der Waals surface area contributed by atoms with E-state index in [1.165, 1.54) is 0 Å². The standard InChI is InChI=1S/C35H47N2O6P/c1-10-41-44(40,42-11-2)23-25-18-24(19-29(20-25)28-17-16-26-14-12-13-15-27(26)22-28)21-30-31(38)36(9)32(34(3,4)5)37(30)33(39)43-35(6,7)8/h12-20,22,30,32H,10-11,21,23H2,1-9H3/t30-,32-/m0/s1. The number of benzene rings is 3. The third kappa shape index (κ3) is 7.71. The van der Waals surface area contributed by atoms with E-state index in [2.05, 4.69) is 30.3 Å². The largest absolute Gasteiger partial charge is 0.444 e. The molecule has 2 atom stereocenters. The lowest BCUT2D eigenvalue weighted by Gasteiger charge is -2.39. The lowest BCUT2D eigenvalue weighted by Crippen LogP contribution is -2.52. The molecule has 8 nitrogen and oxygen atoms in total. The summed E-state index contributed by atoms with van der Waals surface area (Å²) >= 11 is 0. The van der Waals surface area contributed by atoms with Gasteiger partial charge in [-0.2, -0.15) is 0 Å². The van der Waals surface area contributed by atoms with Crippen molar-refractivity contribution >= 4 is 30.4 Å². The smallest absolute Gasteiger partial charge is 0.412 e. The summed E-state index contributed by atoms with van der Waals surface area (Å²) in [5.41, 5.74) is 2.36. The van der Waals surface area contributed by atoms with Gasteiger partial charge < -0.3 is 18.7 Å². The molecule has 0 spiro atoms. The van der Waals surface area contributed by atoms with Gasteiger partial charge in [0.1, 0.15) is 17.8 Å². The Kier molecular flexibility index (Phi) is 9.99. The number of carbonyl (C=O) groups excluding carboxylic acids is 2. The Bertz CT molecular complexity index is 1550. The van der Waals surface area contributed by atoms with Crippen LogP contribution in [0.1, 0.15) is 66.5 Å². The van der Waals surface area contributed by atoms with Gasteiger partial charge in [-0.3, -0.25) is 14.3 Å². The van der Waals surface area contributed by atoms with Gasteiger partial charge in [0.05, 0.1) is 19.4 Å². The molecule has 3 aromatic rings. The molecule has 9 heteroatoms. The van der Waals surface area contributed by atoms with E-state index in [1.54, 1.807) is 30.7 Å². The zero-order chi connectivity index (χ0) is 32.4. The number of rotatable bonds is 9. The summed E-state index contributed by atoms with van der Waals surface area (Å²) in [6, 6.07) is 19.6. The number of carbonyl (C=O) groups is 2. The maximum Gasteiger partial charge on any atom is 0.412 e. The van der Waals surface area contributed by atoms with Gasteiger partial charge in [0.25, 0.3) is 0 Å². The summed E-state index contributed by atoms with van der Waals surface area (Å²) in [5.74, 6) is -0.150. The lowest BCUT2D eigenvalue weighted by molar-refractivity contribution is -0.129. The fourth-order valence-electron chi connectivity index (χ4n) is 6.03. The second kappa shape index (κ2) is 13.0. The fourth-order valence-corrected chi connectivity index (χ4v) is 7.71. The first-order valence-corrected chi connectivity index (χ1v) is 17.1. The van der Waals surface area contributed by atoms with E-state index in [4.69, 9.17) is 13.8 Å². The molecule has 2 amide bonds. The topological polar surface area (TPSA) is 85.4 Å². The van der Waals surface area contributed by atoms with E-state index in [9.17, 15) is 14.2 Å². The average Bonchev–Trinajstić information content (AvgIpc) is 3.17. The molecule has 1 heterocycles. The van der Waals surface area contributed by atoms with Gasteiger partial charge in [-0.1, -0.05) is 75.4 Å². The van der Waals surface area contributed by atoms with Crippen LogP contribution in [0.3, 0.4) is 0 Å². The third-order valence-electron chi connectivity index (χ3n) is 7.57. The molecule has 3 aromatic carbocycles. The van der Waals surface area contributed by atoms with Gasteiger partial charge in [0.2, 0.25) is 5.91 Å². The summed E-state index contributed by atoms with van der Waals surface area (Å²) < 4.78 is 30.7. The molecule has 1 fully saturated rings. The van der Waals surface area contributed by atoms with E-state index in [0.29, 0.717) is 0 Å². The summed E-state index contributed by atoms with van der Waals surface area (Å²) in [7, 11) is -1.67. The molecular formula is C35H47N2O6P. The molecule has 0 aliphatic carbocycles. The van der Waals surface area contributed by atoms with Gasteiger partial charge in [0, 0.05) is 18.9 Å². The molecule has 1 aliphatic heterocycles. The van der Waals surface area contributed by atoms with Crippen LogP contribution in [0, 0.1) is 5.41 Å². The zero-order valence-electron chi connectivity index (χ0n) is 27.5. The minimum atomic E-state index is -3.41. The van der Waals surface area contributed by atoms with E-state index in [1.807, 2.05) is 71.9 Å². The van der Waals surface area contributed by atoms with Crippen molar-refractivity contribution in [2.75, 3.05) is 20.3 Å². The van der Waals surface area contributed by atoms with E-state index >= 15 is 0 Å². The molecule has 4 rings (SSSR count). The Morgan fingerprint density at radius 1 is 0.841 bits per heavy atom. The second-order valence-corrected chi connectivity index (χ2v) is 15.6. The van der Waals surface area contributed by atoms with Crippen LogP contribution in [0.5, 0.6) is 0 Å². The van der Waals surface area contributed by atoms with Crippen molar-refractivity contribution in [3.8, 4) is 11.1 Å². The monoisotopic (exact) mass is 622 g/mol. The molecule has 1 aliphatic rings. The first-order valence-electron chi connectivity index (χ1n) is 15.3. The van der Waals surface area contributed by atoms with Crippen LogP contribution in [-0.2, 0) is 35.7 Å². The molecule has 238 valence electrons. The van der Waals surface area contributed by atoms with Gasteiger partial charge >= 0.3 is 13.7 Å². The lowest BCUT2D eigenvalue weighted by atomic mass is 9.91. The number of hydrogen-bond acceptors (Lipinski definition) is 6. The molecule has 0 aromatic heterocycles. The maximum absolute atomic E-state index is 13.8. The first kappa shape index (κ1) is 33.7. The van der Waals surface area contributed by atoms with E-state index in [-0.39, 0.29) is 31.7 Å². The third-order valence-corrected chi connectivity index (χ3v) is 9.63. The summed E-state index contributed by atoms with van der Waals surface area (Å²) in [4.78, 5) is 30.8. The highest BCUT2D eigenvalue weighted by atomic mass is 31.2. The first-order chi connectivity index (χ1) is 20.5. The Morgan fingerprint density at radius 2 is 1.45 bits per heavy atom. The number of amides is 2. The Labute approximate surface area is 262 Å². The minimum absolute atomic E-state index is 0.0853. The average molecular weight is 623 g/mol. The molecule has 0 unspecified atom stereocenters. The molecule has 0 saturated carbocycles. The predicted molar refractivity (Wildman–Crippen MR) is 176 cm³/mol. The number of likely N-dealkylation sites (N-methyl/N-ethyl adjacent to an activating group) is 1. The van der Waals surface area contributed by atoms with Crippen molar-refractivity contribution in [3.63, 3.8) is 0 Å². The molecule has 1 saturated heterocycles. The number of hydrogen-bond donors (Lipinski definition) is 0. The second-order valence-electron chi connectivity index (χ2n) is 13.5. The highest BCUT2D eigenvalue weighted by Gasteiger charge is 2.52. The minimum Gasteiger partial charge on any atom is -0.444 e. The van der Waals surface area contributed by atoms with Gasteiger partial charge in [0.15, 0.2) is 0 Å². The Morgan fingerprint density at radius 3 is 2.05 bits per heavy atom. The quantitative estimate of drug-likeness (QED) is 0.223. The SMILES string of the molecule is CCOP(=O)(Cc1cc(C[C@H]2C(=O)N(C)[C@H](C(C)(C)C)N2C(=O)OC(C)(C)C)cc(-c2ccc3ccccc3c2)c1)OCC. The van der Waals surface area contributed by atoms with Crippen LogP contribution >= 0.6 is 7.60 Å². The molecule has 0 bridgehead atoms. The van der Waals surface area contributed by atoms with Crippen molar-refractivity contribution < 1.29 is 27.9 Å². The van der Waals surface area contributed by atoms with Crippen LogP contribution in [0.2, 0.25) is 0 Å². The number of fused-ring (bicyclic) bond motifs is 1. The van der Waals surface area contributed by atoms with Crippen molar-refractivity contribution in [2.24, 2.45) is 5.41 Å². The van der Waals surface area contributed by atoms with Crippen LogP contribution in [0.15, 0.2) is 60.7 Å². The zero-order valence-corrected chi connectivity index (χ0v) is 28.4. The normalized spacial score (nSPS) is 17.9. The molecule has 0 radical (unpaired) electrons. The maximum atomic E-state index is 13.8.